The van der Waals surface area contributed by atoms with E-state index in [1.54, 1.807) is 24.3 Å². The van der Waals surface area contributed by atoms with Gasteiger partial charge in [-0.2, -0.15) is 0 Å². The number of carbonyl (C=O) groups is 1. The summed E-state index contributed by atoms with van der Waals surface area (Å²) in [5, 5.41) is 16.1. The second kappa shape index (κ2) is 7.75. The highest BCUT2D eigenvalue weighted by molar-refractivity contribution is 6.31. The number of aromatic hydroxyl groups is 1. The summed E-state index contributed by atoms with van der Waals surface area (Å²) in [5.74, 6) is -0.130. The number of rotatable bonds is 4. The predicted octanol–water partition coefficient (Wildman–Crippen LogP) is 5.72. The quantitative estimate of drug-likeness (QED) is 0.470. The Bertz CT molecular complexity index is 1140. The Kier molecular flexibility index (Phi) is 5.00. The van der Waals surface area contributed by atoms with E-state index in [1.165, 1.54) is 0 Å². The lowest BCUT2D eigenvalue weighted by Crippen LogP contribution is -2.29. The van der Waals surface area contributed by atoms with Crippen molar-refractivity contribution in [3.63, 3.8) is 0 Å². The standard InChI is InChI=1S/C24H18ClNO2/c25-20-13-7-6-12-19(20)23(26-24(28)17-9-2-1-3-10-17)22-18-11-5-4-8-16(18)14-15-21(22)27/h1-15,23,27H,(H,26,28)/t23-/m1/s1. The third-order valence-corrected chi connectivity index (χ3v) is 5.11. The zero-order valence-corrected chi connectivity index (χ0v) is 15.7. The smallest absolute Gasteiger partial charge is 0.252 e. The van der Waals surface area contributed by atoms with Crippen molar-refractivity contribution in [3.05, 3.63) is 113 Å². The van der Waals surface area contributed by atoms with Crippen molar-refractivity contribution in [1.82, 2.24) is 5.32 Å². The Morgan fingerprint density at radius 2 is 1.50 bits per heavy atom. The minimum Gasteiger partial charge on any atom is -0.508 e. The molecule has 4 rings (SSSR count). The lowest BCUT2D eigenvalue weighted by molar-refractivity contribution is 0.0943. The molecule has 0 aliphatic rings. The number of fused-ring (bicyclic) bond motifs is 1. The molecule has 0 spiro atoms. The van der Waals surface area contributed by atoms with Crippen LogP contribution < -0.4 is 5.32 Å². The van der Waals surface area contributed by atoms with E-state index in [-0.39, 0.29) is 11.7 Å². The first-order valence-electron chi connectivity index (χ1n) is 8.96. The molecule has 138 valence electrons. The van der Waals surface area contributed by atoms with Crippen molar-refractivity contribution in [2.45, 2.75) is 6.04 Å². The summed E-state index contributed by atoms with van der Waals surface area (Å²) < 4.78 is 0. The Morgan fingerprint density at radius 1 is 0.821 bits per heavy atom. The maximum Gasteiger partial charge on any atom is 0.252 e. The predicted molar refractivity (Wildman–Crippen MR) is 113 cm³/mol. The van der Waals surface area contributed by atoms with Crippen molar-refractivity contribution in [2.75, 3.05) is 0 Å². The van der Waals surface area contributed by atoms with Gasteiger partial charge in [-0.15, -0.1) is 0 Å². The van der Waals surface area contributed by atoms with Gasteiger partial charge in [0.1, 0.15) is 5.75 Å². The van der Waals surface area contributed by atoms with Gasteiger partial charge in [0.05, 0.1) is 6.04 Å². The van der Waals surface area contributed by atoms with Gasteiger partial charge in [0, 0.05) is 16.1 Å². The number of nitrogens with one attached hydrogen (secondary N) is 1. The van der Waals surface area contributed by atoms with Crippen molar-refractivity contribution in [3.8, 4) is 5.75 Å². The average Bonchev–Trinajstić information content (AvgIpc) is 2.73. The van der Waals surface area contributed by atoms with Gasteiger partial charge in [-0.25, -0.2) is 0 Å². The fourth-order valence-electron chi connectivity index (χ4n) is 3.41. The molecule has 4 heteroatoms. The molecule has 2 N–H and O–H groups in total. The second-order valence-corrected chi connectivity index (χ2v) is 6.92. The molecule has 0 radical (unpaired) electrons. The first-order chi connectivity index (χ1) is 13.6. The molecule has 0 bridgehead atoms. The molecular formula is C24H18ClNO2. The van der Waals surface area contributed by atoms with Gasteiger partial charge in [-0.3, -0.25) is 4.79 Å². The van der Waals surface area contributed by atoms with Crippen LogP contribution in [0, 0.1) is 0 Å². The van der Waals surface area contributed by atoms with Crippen LogP contribution in [0.1, 0.15) is 27.5 Å². The van der Waals surface area contributed by atoms with Crippen LogP contribution in [0.3, 0.4) is 0 Å². The summed E-state index contributed by atoms with van der Waals surface area (Å²) in [6, 6.07) is 27.0. The highest BCUT2D eigenvalue weighted by Crippen LogP contribution is 2.38. The number of phenolic OH excluding ortho intramolecular Hbond substituents is 1. The fourth-order valence-corrected chi connectivity index (χ4v) is 3.65. The highest BCUT2D eigenvalue weighted by Gasteiger charge is 2.24. The van der Waals surface area contributed by atoms with E-state index in [0.717, 1.165) is 16.3 Å². The number of benzene rings is 4. The van der Waals surface area contributed by atoms with Crippen LogP contribution in [0.5, 0.6) is 5.75 Å². The minimum absolute atomic E-state index is 0.108. The minimum atomic E-state index is -0.604. The van der Waals surface area contributed by atoms with E-state index >= 15 is 0 Å². The third-order valence-electron chi connectivity index (χ3n) is 4.76. The number of carbonyl (C=O) groups excluding carboxylic acids is 1. The Labute approximate surface area is 168 Å². The third kappa shape index (κ3) is 3.45. The number of halogens is 1. The van der Waals surface area contributed by atoms with Crippen molar-refractivity contribution in [2.24, 2.45) is 0 Å². The van der Waals surface area contributed by atoms with Gasteiger partial charge in [-0.1, -0.05) is 78.3 Å². The normalized spacial score (nSPS) is 11.9. The van der Waals surface area contributed by atoms with E-state index in [0.29, 0.717) is 16.1 Å². The molecule has 28 heavy (non-hydrogen) atoms. The van der Waals surface area contributed by atoms with Gasteiger partial charge in [0.2, 0.25) is 0 Å². The van der Waals surface area contributed by atoms with Crippen LogP contribution in [0.15, 0.2) is 91.0 Å². The zero-order chi connectivity index (χ0) is 19.5. The first kappa shape index (κ1) is 18.1. The summed E-state index contributed by atoms with van der Waals surface area (Å²) in [6.45, 7) is 0. The molecule has 1 atom stereocenters. The van der Waals surface area contributed by atoms with Crippen LogP contribution in [0.2, 0.25) is 5.02 Å². The summed E-state index contributed by atoms with van der Waals surface area (Å²) >= 11 is 6.47. The molecule has 0 heterocycles. The molecule has 0 aliphatic heterocycles. The lowest BCUT2D eigenvalue weighted by atomic mass is 9.92. The molecule has 1 amide bonds. The maximum atomic E-state index is 12.9. The van der Waals surface area contributed by atoms with E-state index < -0.39 is 6.04 Å². The molecule has 0 unspecified atom stereocenters. The molecule has 0 aliphatic carbocycles. The summed E-state index contributed by atoms with van der Waals surface area (Å²) in [4.78, 5) is 12.9. The number of hydrogen-bond acceptors (Lipinski definition) is 2. The van der Waals surface area contributed by atoms with Crippen LogP contribution in [0.4, 0.5) is 0 Å². The lowest BCUT2D eigenvalue weighted by Gasteiger charge is -2.23. The second-order valence-electron chi connectivity index (χ2n) is 6.51. The number of amides is 1. The average molecular weight is 388 g/mol. The van der Waals surface area contributed by atoms with Gasteiger partial charge in [0.15, 0.2) is 0 Å². The fraction of sp³-hybridized carbons (Fsp3) is 0.0417. The number of hydrogen-bond donors (Lipinski definition) is 2. The zero-order valence-electron chi connectivity index (χ0n) is 15.0. The molecule has 0 saturated carbocycles. The summed E-state index contributed by atoms with van der Waals surface area (Å²) in [6.07, 6.45) is 0. The van der Waals surface area contributed by atoms with Crippen LogP contribution >= 0.6 is 11.6 Å². The summed E-state index contributed by atoms with van der Waals surface area (Å²) in [7, 11) is 0. The Balaban J connectivity index is 1.89. The van der Waals surface area contributed by atoms with Gasteiger partial charge < -0.3 is 10.4 Å². The van der Waals surface area contributed by atoms with Crippen molar-refractivity contribution in [1.29, 1.82) is 0 Å². The topological polar surface area (TPSA) is 49.3 Å². The van der Waals surface area contributed by atoms with Gasteiger partial charge in [-0.05, 0) is 40.6 Å². The maximum absolute atomic E-state index is 12.9. The number of phenols is 1. The van der Waals surface area contributed by atoms with Gasteiger partial charge in [0.25, 0.3) is 5.91 Å². The van der Waals surface area contributed by atoms with Crippen molar-refractivity contribution < 1.29 is 9.90 Å². The van der Waals surface area contributed by atoms with E-state index in [2.05, 4.69) is 5.32 Å². The molecule has 0 saturated heterocycles. The Morgan fingerprint density at radius 3 is 2.29 bits per heavy atom. The SMILES string of the molecule is O=C(N[C@H](c1ccccc1Cl)c1c(O)ccc2ccccc12)c1ccccc1. The van der Waals surface area contributed by atoms with Crippen LogP contribution in [-0.2, 0) is 0 Å². The highest BCUT2D eigenvalue weighted by atomic mass is 35.5. The molecule has 4 aromatic rings. The molecule has 3 nitrogen and oxygen atoms in total. The Hall–Kier alpha value is -3.30. The molecule has 4 aromatic carbocycles. The van der Waals surface area contributed by atoms with Gasteiger partial charge >= 0.3 is 0 Å². The van der Waals surface area contributed by atoms with Crippen molar-refractivity contribution >= 4 is 28.3 Å². The van der Waals surface area contributed by atoms with Crippen LogP contribution in [-0.4, -0.2) is 11.0 Å². The molecule has 0 aromatic heterocycles. The summed E-state index contributed by atoms with van der Waals surface area (Å²) in [5.41, 5.74) is 1.88. The van der Waals surface area contributed by atoms with E-state index in [9.17, 15) is 9.90 Å². The largest absolute Gasteiger partial charge is 0.508 e. The van der Waals surface area contributed by atoms with Crippen LogP contribution in [0.25, 0.3) is 10.8 Å². The monoisotopic (exact) mass is 387 g/mol. The molecule has 0 fully saturated rings. The van der Waals surface area contributed by atoms with E-state index in [4.69, 9.17) is 11.6 Å². The first-order valence-corrected chi connectivity index (χ1v) is 9.34. The molecular weight excluding hydrogens is 370 g/mol. The van der Waals surface area contributed by atoms with E-state index in [1.807, 2.05) is 66.7 Å².